The van der Waals surface area contributed by atoms with E-state index in [1.165, 1.54) is 4.88 Å². The molecule has 0 saturated carbocycles. The number of guanidine groups is 1. The average Bonchev–Trinajstić information content (AvgIpc) is 3.15. The topological polar surface area (TPSA) is 49.3 Å². The fourth-order valence-electron chi connectivity index (χ4n) is 1.76. The number of hydrogen-bond donors (Lipinski definition) is 2. The summed E-state index contributed by atoms with van der Waals surface area (Å²) in [6.07, 6.45) is -3.53. The van der Waals surface area contributed by atoms with E-state index < -0.39 is 11.9 Å². The molecule has 24 heavy (non-hydrogen) atoms. The predicted octanol–water partition coefficient (Wildman–Crippen LogP) is 4.14. The zero-order valence-electron chi connectivity index (χ0n) is 12.9. The number of alkyl halides is 3. The van der Waals surface area contributed by atoms with Crippen LogP contribution in [0, 0.1) is 0 Å². The van der Waals surface area contributed by atoms with Crippen molar-refractivity contribution < 1.29 is 13.2 Å². The van der Waals surface area contributed by atoms with Crippen LogP contribution >= 0.6 is 46.7 Å². The van der Waals surface area contributed by atoms with Gasteiger partial charge in [0, 0.05) is 23.3 Å². The number of nitrogens with zero attached hydrogens (tertiary/aromatic N) is 2. The second-order valence-corrected chi connectivity index (χ2v) is 6.55. The highest BCUT2D eigenvalue weighted by Gasteiger charge is 2.33. The van der Waals surface area contributed by atoms with Gasteiger partial charge in [0.1, 0.15) is 5.01 Å². The van der Waals surface area contributed by atoms with E-state index in [-0.39, 0.29) is 30.5 Å². The van der Waals surface area contributed by atoms with Crippen LogP contribution in [0.3, 0.4) is 0 Å². The summed E-state index contributed by atoms with van der Waals surface area (Å²) in [5, 5.41) is 9.61. The molecule has 0 spiro atoms. The molecule has 0 bridgehead atoms. The molecule has 0 atom stereocenters. The van der Waals surface area contributed by atoms with Crippen LogP contribution in [-0.4, -0.2) is 24.0 Å². The molecule has 0 radical (unpaired) electrons. The van der Waals surface area contributed by atoms with Crippen molar-refractivity contribution in [3.63, 3.8) is 0 Å². The van der Waals surface area contributed by atoms with Crippen LogP contribution in [-0.2, 0) is 19.1 Å². The third kappa shape index (κ3) is 6.93. The highest BCUT2D eigenvalue weighted by Crippen LogP contribution is 2.30. The largest absolute Gasteiger partial charge is 0.434 e. The van der Waals surface area contributed by atoms with Gasteiger partial charge in [0.25, 0.3) is 0 Å². The quantitative estimate of drug-likeness (QED) is 0.364. The molecule has 2 aromatic heterocycles. The maximum atomic E-state index is 12.5. The minimum Gasteiger partial charge on any atom is -0.357 e. The van der Waals surface area contributed by atoms with Gasteiger partial charge in [0.05, 0.1) is 6.54 Å². The Balaban J connectivity index is 0.00000288. The fraction of sp³-hybridized carbons (Fsp3) is 0.429. The van der Waals surface area contributed by atoms with Crippen LogP contribution in [0.5, 0.6) is 0 Å². The van der Waals surface area contributed by atoms with E-state index >= 15 is 0 Å². The van der Waals surface area contributed by atoms with Gasteiger partial charge in [-0.1, -0.05) is 6.07 Å². The molecule has 0 aliphatic heterocycles. The first-order valence-electron chi connectivity index (χ1n) is 7.05. The number of hydrogen-bond acceptors (Lipinski definition) is 4. The van der Waals surface area contributed by atoms with E-state index in [0.717, 1.165) is 23.1 Å². The Hall–Kier alpha value is -0.880. The lowest BCUT2D eigenvalue weighted by molar-refractivity contribution is -0.140. The Kier molecular flexibility index (Phi) is 8.98. The molecule has 10 heteroatoms. The molecule has 134 valence electrons. The molecule has 0 fully saturated rings. The Bertz CT molecular complexity index is 626. The molecule has 0 aliphatic carbocycles. The summed E-state index contributed by atoms with van der Waals surface area (Å²) in [6.45, 7) is 3.44. The number of rotatable bonds is 6. The minimum absolute atomic E-state index is 0. The van der Waals surface area contributed by atoms with Gasteiger partial charge in [-0.25, -0.2) is 9.98 Å². The van der Waals surface area contributed by atoms with Gasteiger partial charge in [-0.3, -0.25) is 0 Å². The molecule has 0 saturated heterocycles. The van der Waals surface area contributed by atoms with E-state index in [1.807, 2.05) is 18.4 Å². The normalized spacial score (nSPS) is 11.9. The SMILES string of the molecule is CCNC(=NCc1nc(C(F)(F)F)cs1)NCCc1cccs1.I. The summed E-state index contributed by atoms with van der Waals surface area (Å²) in [5.41, 5.74) is -0.858. The Labute approximate surface area is 163 Å². The third-order valence-corrected chi connectivity index (χ3v) is 4.57. The molecule has 4 nitrogen and oxygen atoms in total. The van der Waals surface area contributed by atoms with Crippen LogP contribution in [0.25, 0.3) is 0 Å². The Morgan fingerprint density at radius 3 is 2.67 bits per heavy atom. The summed E-state index contributed by atoms with van der Waals surface area (Å²) in [5.74, 6) is 0.577. The first-order chi connectivity index (χ1) is 11.0. The summed E-state index contributed by atoms with van der Waals surface area (Å²) < 4.78 is 37.5. The van der Waals surface area contributed by atoms with Crippen molar-refractivity contribution in [2.45, 2.75) is 26.1 Å². The third-order valence-electron chi connectivity index (χ3n) is 2.80. The average molecular weight is 490 g/mol. The summed E-state index contributed by atoms with van der Waals surface area (Å²) in [6, 6.07) is 4.06. The molecule has 0 unspecified atom stereocenters. The first-order valence-corrected chi connectivity index (χ1v) is 8.81. The van der Waals surface area contributed by atoms with Crippen molar-refractivity contribution in [2.75, 3.05) is 13.1 Å². The molecular formula is C14H18F3IN4S2. The van der Waals surface area contributed by atoms with Crippen LogP contribution in [0.1, 0.15) is 22.5 Å². The standard InChI is InChI=1S/C14H17F3N4S2.HI/c1-2-18-13(19-6-5-10-4-3-7-22-10)20-8-12-21-11(9-23-12)14(15,16)17;/h3-4,7,9H,2,5-6,8H2,1H3,(H2,18,19,20);1H. The van der Waals surface area contributed by atoms with Gasteiger partial charge in [0.15, 0.2) is 11.7 Å². The smallest absolute Gasteiger partial charge is 0.357 e. The van der Waals surface area contributed by atoms with Crippen molar-refractivity contribution in [1.82, 2.24) is 15.6 Å². The van der Waals surface area contributed by atoms with Crippen LogP contribution < -0.4 is 10.6 Å². The lowest BCUT2D eigenvalue weighted by Gasteiger charge is -2.10. The lowest BCUT2D eigenvalue weighted by Crippen LogP contribution is -2.38. The molecule has 2 aromatic rings. The summed E-state index contributed by atoms with van der Waals surface area (Å²) in [4.78, 5) is 9.11. The Morgan fingerprint density at radius 2 is 2.08 bits per heavy atom. The second kappa shape index (κ2) is 10.2. The monoisotopic (exact) mass is 490 g/mol. The molecule has 2 N–H and O–H groups in total. The van der Waals surface area contributed by atoms with Gasteiger partial charge < -0.3 is 10.6 Å². The molecule has 0 amide bonds. The molecule has 2 heterocycles. The molecular weight excluding hydrogens is 472 g/mol. The zero-order chi connectivity index (χ0) is 16.7. The van der Waals surface area contributed by atoms with Gasteiger partial charge in [-0.15, -0.1) is 46.7 Å². The fourth-order valence-corrected chi connectivity index (χ4v) is 3.19. The maximum absolute atomic E-state index is 12.5. The van der Waals surface area contributed by atoms with Crippen molar-refractivity contribution in [3.8, 4) is 0 Å². The lowest BCUT2D eigenvalue weighted by atomic mass is 10.3. The minimum atomic E-state index is -4.40. The number of aromatic nitrogens is 1. The number of nitrogens with one attached hydrogen (secondary N) is 2. The van der Waals surface area contributed by atoms with E-state index in [9.17, 15) is 13.2 Å². The van der Waals surface area contributed by atoms with Crippen molar-refractivity contribution in [3.05, 3.63) is 38.5 Å². The highest BCUT2D eigenvalue weighted by molar-refractivity contribution is 14.0. The van der Waals surface area contributed by atoms with Gasteiger partial charge in [0.2, 0.25) is 0 Å². The second-order valence-electron chi connectivity index (χ2n) is 4.58. The zero-order valence-corrected chi connectivity index (χ0v) is 16.9. The number of thiophene rings is 1. The van der Waals surface area contributed by atoms with Crippen molar-refractivity contribution in [1.29, 1.82) is 0 Å². The summed E-state index contributed by atoms with van der Waals surface area (Å²) in [7, 11) is 0. The number of thiazole rings is 1. The van der Waals surface area contributed by atoms with Crippen molar-refractivity contribution in [2.24, 2.45) is 4.99 Å². The van der Waals surface area contributed by atoms with E-state index in [1.54, 1.807) is 11.3 Å². The van der Waals surface area contributed by atoms with Crippen molar-refractivity contribution >= 4 is 52.6 Å². The van der Waals surface area contributed by atoms with Gasteiger partial charge >= 0.3 is 6.18 Å². The Morgan fingerprint density at radius 1 is 1.29 bits per heavy atom. The van der Waals surface area contributed by atoms with E-state index in [4.69, 9.17) is 0 Å². The van der Waals surface area contributed by atoms with E-state index in [0.29, 0.717) is 24.1 Å². The van der Waals surface area contributed by atoms with Crippen LogP contribution in [0.4, 0.5) is 13.2 Å². The molecule has 0 aromatic carbocycles. The maximum Gasteiger partial charge on any atom is 0.434 e. The van der Waals surface area contributed by atoms with Crippen LogP contribution in [0.15, 0.2) is 27.9 Å². The first kappa shape index (κ1) is 21.2. The predicted molar refractivity (Wildman–Crippen MR) is 103 cm³/mol. The summed E-state index contributed by atoms with van der Waals surface area (Å²) >= 11 is 2.65. The number of halogens is 4. The number of aliphatic imine (C=N–C) groups is 1. The molecule has 2 rings (SSSR count). The van der Waals surface area contributed by atoms with Crippen LogP contribution in [0.2, 0.25) is 0 Å². The van der Waals surface area contributed by atoms with E-state index in [2.05, 4.69) is 26.7 Å². The highest BCUT2D eigenvalue weighted by atomic mass is 127. The van der Waals surface area contributed by atoms with Gasteiger partial charge in [-0.05, 0) is 24.8 Å². The molecule has 0 aliphatic rings. The van der Waals surface area contributed by atoms with Gasteiger partial charge in [-0.2, -0.15) is 13.2 Å².